The Balaban J connectivity index is 1.86. The molecule has 1 aliphatic heterocycles. The number of amides is 4. The van der Waals surface area contributed by atoms with Crippen LogP contribution >= 0.6 is 34.5 Å². The van der Waals surface area contributed by atoms with Crippen molar-refractivity contribution >= 4 is 63.1 Å². The van der Waals surface area contributed by atoms with E-state index in [0.29, 0.717) is 40.9 Å². The number of carbonyl (C=O) groups is 3. The third-order valence-corrected chi connectivity index (χ3v) is 7.44. The second-order valence-electron chi connectivity index (χ2n) is 8.64. The second kappa shape index (κ2) is 9.68. The maximum absolute atomic E-state index is 13.4. The van der Waals surface area contributed by atoms with Crippen molar-refractivity contribution in [3.05, 3.63) is 44.8 Å². The van der Waals surface area contributed by atoms with Crippen LogP contribution in [0.2, 0.25) is 10.0 Å². The highest BCUT2D eigenvalue weighted by Crippen LogP contribution is 2.37. The zero-order chi connectivity index (χ0) is 23.6. The summed E-state index contributed by atoms with van der Waals surface area (Å²) in [7, 11) is 1.73. The fourth-order valence-electron chi connectivity index (χ4n) is 3.17. The van der Waals surface area contributed by atoms with Gasteiger partial charge >= 0.3 is 6.03 Å². The van der Waals surface area contributed by atoms with E-state index in [2.05, 4.69) is 10.6 Å². The van der Waals surface area contributed by atoms with E-state index in [9.17, 15) is 14.4 Å². The molecule has 0 bridgehead atoms. The van der Waals surface area contributed by atoms with Gasteiger partial charge in [-0.25, -0.2) is 4.79 Å². The summed E-state index contributed by atoms with van der Waals surface area (Å²) in [5, 5.41) is 6.48. The van der Waals surface area contributed by atoms with E-state index in [1.54, 1.807) is 35.0 Å². The second-order valence-corrected chi connectivity index (χ2v) is 10.5. The smallest absolute Gasteiger partial charge is 0.324 e. The Labute approximate surface area is 201 Å². The first-order chi connectivity index (χ1) is 15.0. The van der Waals surface area contributed by atoms with Gasteiger partial charge in [0.25, 0.3) is 5.91 Å². The van der Waals surface area contributed by atoms with Crippen LogP contribution in [0.25, 0.3) is 0 Å². The molecule has 0 atom stereocenters. The van der Waals surface area contributed by atoms with Crippen LogP contribution in [-0.2, 0) is 10.2 Å². The molecule has 3 rings (SSSR count). The van der Waals surface area contributed by atoms with E-state index in [0.717, 1.165) is 4.88 Å². The Morgan fingerprint density at radius 1 is 1.09 bits per heavy atom. The molecule has 1 saturated heterocycles. The fourth-order valence-corrected chi connectivity index (χ4v) is 4.62. The number of carbonyl (C=O) groups excluding carboxylic acids is 3. The highest BCUT2D eigenvalue weighted by atomic mass is 35.5. The van der Waals surface area contributed by atoms with Crippen LogP contribution in [0.4, 0.5) is 15.5 Å². The molecule has 172 valence electrons. The summed E-state index contributed by atoms with van der Waals surface area (Å²) in [5.41, 5.74) is 0.567. The van der Waals surface area contributed by atoms with Gasteiger partial charge in [-0.05, 0) is 23.6 Å². The van der Waals surface area contributed by atoms with Gasteiger partial charge in [0, 0.05) is 38.0 Å². The molecule has 1 fully saturated rings. The Morgan fingerprint density at radius 2 is 1.81 bits per heavy atom. The van der Waals surface area contributed by atoms with Crippen molar-refractivity contribution in [3.8, 4) is 0 Å². The number of rotatable bonds is 3. The number of nitrogens with zero attached hydrogens (tertiary/aromatic N) is 2. The molecule has 0 saturated carbocycles. The van der Waals surface area contributed by atoms with Gasteiger partial charge in [0.1, 0.15) is 5.00 Å². The average molecular weight is 497 g/mol. The standard InChI is InChI=1S/C22H26Cl2N4O3S/c1-22(2,3)16-12-13(20(30)28-9-8-17(29)27(4)10-11-28)19(32-16)26-21(31)25-15-7-5-6-14(23)18(15)24/h5-7,12H,8-11H2,1-4H3,(H2,25,26,31). The highest BCUT2D eigenvalue weighted by Gasteiger charge is 2.28. The number of urea groups is 1. The Hall–Kier alpha value is -2.29. The van der Waals surface area contributed by atoms with Crippen LogP contribution < -0.4 is 10.6 Å². The Kier molecular flexibility index (Phi) is 7.37. The van der Waals surface area contributed by atoms with Gasteiger partial charge in [-0.1, -0.05) is 50.0 Å². The first-order valence-electron chi connectivity index (χ1n) is 10.2. The minimum Gasteiger partial charge on any atom is -0.344 e. The lowest BCUT2D eigenvalue weighted by Gasteiger charge is -2.20. The zero-order valence-corrected chi connectivity index (χ0v) is 20.7. The van der Waals surface area contributed by atoms with Crippen molar-refractivity contribution in [2.24, 2.45) is 0 Å². The molecule has 1 aromatic heterocycles. The summed E-state index contributed by atoms with van der Waals surface area (Å²) in [4.78, 5) is 42.3. The van der Waals surface area contributed by atoms with Crippen molar-refractivity contribution < 1.29 is 14.4 Å². The molecule has 7 nitrogen and oxygen atoms in total. The maximum Gasteiger partial charge on any atom is 0.324 e. The lowest BCUT2D eigenvalue weighted by atomic mass is 9.94. The van der Waals surface area contributed by atoms with Crippen LogP contribution in [0, 0.1) is 0 Å². The summed E-state index contributed by atoms with van der Waals surface area (Å²) in [6.07, 6.45) is 0.273. The number of nitrogens with one attached hydrogen (secondary N) is 2. The van der Waals surface area contributed by atoms with Crippen LogP contribution in [-0.4, -0.2) is 54.3 Å². The molecular weight excluding hydrogens is 471 g/mol. The Morgan fingerprint density at radius 3 is 2.50 bits per heavy atom. The van der Waals surface area contributed by atoms with E-state index in [1.807, 2.05) is 26.8 Å². The van der Waals surface area contributed by atoms with Crippen LogP contribution in [0.3, 0.4) is 0 Å². The molecule has 0 aliphatic carbocycles. The summed E-state index contributed by atoms with van der Waals surface area (Å²) in [6.45, 7) is 7.38. The van der Waals surface area contributed by atoms with Gasteiger partial charge in [0.2, 0.25) is 5.91 Å². The number of thiophene rings is 1. The summed E-state index contributed by atoms with van der Waals surface area (Å²) < 4.78 is 0. The van der Waals surface area contributed by atoms with Gasteiger partial charge < -0.3 is 15.1 Å². The molecule has 10 heteroatoms. The SMILES string of the molecule is CN1CCN(C(=O)c2cc(C(C)(C)C)sc2NC(=O)Nc2cccc(Cl)c2Cl)CCC1=O. The molecule has 2 heterocycles. The number of hydrogen-bond acceptors (Lipinski definition) is 4. The first-order valence-corrected chi connectivity index (χ1v) is 11.7. The van der Waals surface area contributed by atoms with E-state index in [4.69, 9.17) is 23.2 Å². The molecule has 2 aromatic rings. The van der Waals surface area contributed by atoms with Crippen molar-refractivity contribution in [1.29, 1.82) is 0 Å². The fraction of sp³-hybridized carbons (Fsp3) is 0.409. The lowest BCUT2D eigenvalue weighted by molar-refractivity contribution is -0.129. The summed E-state index contributed by atoms with van der Waals surface area (Å²) in [5.74, 6) is -0.201. The van der Waals surface area contributed by atoms with E-state index >= 15 is 0 Å². The molecule has 0 spiro atoms. The van der Waals surface area contributed by atoms with Crippen molar-refractivity contribution in [2.45, 2.75) is 32.6 Å². The molecule has 32 heavy (non-hydrogen) atoms. The van der Waals surface area contributed by atoms with Crippen LogP contribution in [0.5, 0.6) is 0 Å². The van der Waals surface area contributed by atoms with Gasteiger partial charge in [-0.3, -0.25) is 14.9 Å². The predicted octanol–water partition coefficient (Wildman–Crippen LogP) is 5.30. The van der Waals surface area contributed by atoms with Crippen LogP contribution in [0.1, 0.15) is 42.4 Å². The number of halogens is 2. The third kappa shape index (κ3) is 5.54. The topological polar surface area (TPSA) is 81.8 Å². The molecule has 4 amide bonds. The monoisotopic (exact) mass is 496 g/mol. The third-order valence-electron chi connectivity index (χ3n) is 5.14. The van der Waals surface area contributed by atoms with E-state index in [-0.39, 0.29) is 28.7 Å². The predicted molar refractivity (Wildman–Crippen MR) is 130 cm³/mol. The minimum atomic E-state index is -0.531. The molecule has 0 unspecified atom stereocenters. The molecular formula is C22H26Cl2N4O3S. The molecule has 1 aliphatic rings. The van der Waals surface area contributed by atoms with Crippen molar-refractivity contribution in [2.75, 3.05) is 37.3 Å². The summed E-state index contributed by atoms with van der Waals surface area (Å²) >= 11 is 13.5. The van der Waals surface area contributed by atoms with Gasteiger partial charge in [0.15, 0.2) is 0 Å². The van der Waals surface area contributed by atoms with Gasteiger partial charge in [-0.2, -0.15) is 0 Å². The highest BCUT2D eigenvalue weighted by molar-refractivity contribution is 7.16. The quantitative estimate of drug-likeness (QED) is 0.604. The Bertz CT molecular complexity index is 1050. The number of benzene rings is 1. The van der Waals surface area contributed by atoms with Crippen LogP contribution in [0.15, 0.2) is 24.3 Å². The minimum absolute atomic E-state index is 0.0112. The number of likely N-dealkylation sites (N-methyl/N-ethyl adjacent to an activating group) is 1. The first kappa shape index (κ1) is 24.4. The van der Waals surface area contributed by atoms with E-state index < -0.39 is 6.03 Å². The average Bonchev–Trinajstić information content (AvgIpc) is 3.07. The molecule has 2 N–H and O–H groups in total. The van der Waals surface area contributed by atoms with E-state index in [1.165, 1.54) is 11.3 Å². The van der Waals surface area contributed by atoms with Gasteiger partial charge in [0.05, 0.1) is 21.3 Å². The zero-order valence-electron chi connectivity index (χ0n) is 18.4. The summed E-state index contributed by atoms with van der Waals surface area (Å²) in [6, 6.07) is 6.24. The molecule has 0 radical (unpaired) electrons. The molecule has 1 aromatic carbocycles. The largest absolute Gasteiger partial charge is 0.344 e. The van der Waals surface area contributed by atoms with Crippen molar-refractivity contribution in [3.63, 3.8) is 0 Å². The maximum atomic E-state index is 13.4. The van der Waals surface area contributed by atoms with Gasteiger partial charge in [-0.15, -0.1) is 11.3 Å². The lowest BCUT2D eigenvalue weighted by Crippen LogP contribution is -2.35. The number of anilines is 2. The normalized spacial score (nSPS) is 14.9. The number of hydrogen-bond donors (Lipinski definition) is 2. The van der Waals surface area contributed by atoms with Crippen molar-refractivity contribution in [1.82, 2.24) is 9.80 Å².